The number of Topliss-reactive ketones (excluding diaryl/α,β-unsaturated/α-hetero) is 1. The number of quaternary nitrogens is 1. The van der Waals surface area contributed by atoms with Crippen LogP contribution in [0.5, 0.6) is 17.2 Å². The Bertz CT molecular complexity index is 1360. The largest absolute Gasteiger partial charge is 0.872 e. The average molecular weight is 529 g/mol. The van der Waals surface area contributed by atoms with Crippen molar-refractivity contribution in [2.75, 3.05) is 33.8 Å². The minimum Gasteiger partial charge on any atom is -0.872 e. The standard InChI is InChI=1S/C32H36N2O5/c1-21(2)20-38-27-15-14-24(18-22(27)3)30(35)28-29(34(17-16-33(4)5)32(37)31(28)36)23-10-9-13-26(19-23)39-25-11-7-6-8-12-25/h6-15,18-19,21,29,35H,16-17,20H2,1-5H3. The fraction of sp³-hybridized carbons (Fsp3) is 0.312. The van der Waals surface area contributed by atoms with Crippen LogP contribution in [0, 0.1) is 12.8 Å². The van der Waals surface area contributed by atoms with E-state index in [1.807, 2.05) is 69.6 Å². The van der Waals surface area contributed by atoms with Crippen molar-refractivity contribution in [3.8, 4) is 17.2 Å². The van der Waals surface area contributed by atoms with Crippen LogP contribution in [0.2, 0.25) is 0 Å². The highest BCUT2D eigenvalue weighted by Crippen LogP contribution is 2.40. The number of carbonyl (C=O) groups is 2. The second-order valence-corrected chi connectivity index (χ2v) is 10.6. The van der Waals surface area contributed by atoms with Gasteiger partial charge in [0.1, 0.15) is 17.2 Å². The van der Waals surface area contributed by atoms with E-state index < -0.39 is 23.5 Å². The molecule has 1 unspecified atom stereocenters. The topological polar surface area (TPSA) is 83.3 Å². The molecular weight excluding hydrogens is 492 g/mol. The first-order valence-electron chi connectivity index (χ1n) is 13.3. The number of nitrogens with zero attached hydrogens (tertiary/aromatic N) is 1. The summed E-state index contributed by atoms with van der Waals surface area (Å²) in [7, 11) is 3.96. The number of hydrogen-bond donors (Lipinski definition) is 1. The number of carbonyl (C=O) groups excluding carboxylic acids is 2. The van der Waals surface area contributed by atoms with E-state index >= 15 is 0 Å². The number of rotatable bonds is 10. The van der Waals surface area contributed by atoms with Crippen LogP contribution >= 0.6 is 0 Å². The molecule has 1 heterocycles. The van der Waals surface area contributed by atoms with Crippen molar-refractivity contribution < 1.29 is 29.1 Å². The summed E-state index contributed by atoms with van der Waals surface area (Å²) in [6, 6.07) is 20.9. The van der Waals surface area contributed by atoms with Crippen molar-refractivity contribution in [3.63, 3.8) is 0 Å². The van der Waals surface area contributed by atoms with Gasteiger partial charge in [0.25, 0.3) is 5.91 Å². The molecule has 1 amide bonds. The molecule has 7 heteroatoms. The minimum absolute atomic E-state index is 0.0409. The Labute approximate surface area is 230 Å². The predicted molar refractivity (Wildman–Crippen MR) is 149 cm³/mol. The van der Waals surface area contributed by atoms with Gasteiger partial charge in [-0.05, 0) is 65.9 Å². The molecule has 3 aromatic carbocycles. The predicted octanol–water partition coefficient (Wildman–Crippen LogP) is 3.19. The Kier molecular flexibility index (Phi) is 8.72. The minimum atomic E-state index is -0.812. The monoisotopic (exact) mass is 528 g/mol. The fourth-order valence-corrected chi connectivity index (χ4v) is 4.53. The summed E-state index contributed by atoms with van der Waals surface area (Å²) in [4.78, 5) is 29.2. The molecule has 1 saturated heterocycles. The Morgan fingerprint density at radius 2 is 1.69 bits per heavy atom. The van der Waals surface area contributed by atoms with E-state index in [9.17, 15) is 14.7 Å². The number of likely N-dealkylation sites (tertiary alicyclic amines) is 1. The van der Waals surface area contributed by atoms with Crippen LogP contribution in [-0.4, -0.2) is 50.4 Å². The van der Waals surface area contributed by atoms with Gasteiger partial charge in [0.15, 0.2) is 0 Å². The van der Waals surface area contributed by atoms with E-state index in [4.69, 9.17) is 9.47 Å². The van der Waals surface area contributed by atoms with Crippen molar-refractivity contribution >= 4 is 17.4 Å². The number of benzene rings is 3. The zero-order valence-electron chi connectivity index (χ0n) is 23.2. The SMILES string of the molecule is Cc1cc(C([O-])=C2C(=O)C(=O)N(CC[NH+](C)C)C2c2cccc(Oc3ccccc3)c2)ccc1OCC(C)C. The second-order valence-electron chi connectivity index (χ2n) is 10.6. The molecule has 0 bridgehead atoms. The Balaban J connectivity index is 1.76. The van der Waals surface area contributed by atoms with Crippen molar-refractivity contribution in [1.82, 2.24) is 4.90 Å². The van der Waals surface area contributed by atoms with Gasteiger partial charge in [-0.15, -0.1) is 0 Å². The lowest BCUT2D eigenvalue weighted by molar-refractivity contribution is -0.857. The maximum Gasteiger partial charge on any atom is 0.295 e. The Morgan fingerprint density at radius 3 is 2.36 bits per heavy atom. The summed E-state index contributed by atoms with van der Waals surface area (Å²) in [5.74, 6) is 0.400. The molecule has 7 nitrogen and oxygen atoms in total. The number of para-hydroxylation sites is 1. The van der Waals surface area contributed by atoms with E-state index in [0.717, 1.165) is 10.5 Å². The van der Waals surface area contributed by atoms with Gasteiger partial charge in [0.2, 0.25) is 5.78 Å². The third-order valence-corrected chi connectivity index (χ3v) is 6.54. The molecule has 4 rings (SSSR count). The first-order valence-corrected chi connectivity index (χ1v) is 13.3. The van der Waals surface area contributed by atoms with Crippen LogP contribution in [0.3, 0.4) is 0 Å². The highest BCUT2D eigenvalue weighted by molar-refractivity contribution is 6.46. The van der Waals surface area contributed by atoms with Crippen LogP contribution in [0.15, 0.2) is 78.4 Å². The lowest BCUT2D eigenvalue weighted by atomic mass is 9.94. The quantitative estimate of drug-likeness (QED) is 0.248. The van der Waals surface area contributed by atoms with Gasteiger partial charge in [0, 0.05) is 5.57 Å². The molecule has 1 aliphatic rings. The summed E-state index contributed by atoms with van der Waals surface area (Å²) in [6.45, 7) is 7.52. The van der Waals surface area contributed by atoms with Crippen LogP contribution in [0.4, 0.5) is 0 Å². The number of likely N-dealkylation sites (N-methyl/N-ethyl adjacent to an activating group) is 1. The summed E-state index contributed by atoms with van der Waals surface area (Å²) in [5.41, 5.74) is 1.75. The van der Waals surface area contributed by atoms with Crippen molar-refractivity contribution in [3.05, 3.63) is 95.1 Å². The van der Waals surface area contributed by atoms with Gasteiger partial charge in [-0.2, -0.15) is 0 Å². The maximum absolute atomic E-state index is 13.9. The van der Waals surface area contributed by atoms with Crippen LogP contribution in [0.1, 0.15) is 36.6 Å². The van der Waals surface area contributed by atoms with Gasteiger partial charge in [0.05, 0.1) is 39.8 Å². The van der Waals surface area contributed by atoms with E-state index in [2.05, 4.69) is 13.8 Å². The zero-order chi connectivity index (χ0) is 28.1. The molecule has 1 aliphatic heterocycles. The first kappa shape index (κ1) is 27.9. The molecule has 0 radical (unpaired) electrons. The molecule has 0 spiro atoms. The van der Waals surface area contributed by atoms with E-state index in [1.54, 1.807) is 24.3 Å². The maximum atomic E-state index is 13.9. The normalized spacial score (nSPS) is 16.8. The van der Waals surface area contributed by atoms with Gasteiger partial charge < -0.3 is 24.4 Å². The molecular formula is C32H36N2O5. The van der Waals surface area contributed by atoms with Crippen molar-refractivity contribution in [2.45, 2.75) is 26.8 Å². The Morgan fingerprint density at radius 1 is 0.974 bits per heavy atom. The number of amides is 1. The van der Waals surface area contributed by atoms with Gasteiger partial charge in [-0.1, -0.05) is 56.0 Å². The molecule has 1 N–H and O–H groups in total. The van der Waals surface area contributed by atoms with Crippen molar-refractivity contribution in [1.29, 1.82) is 0 Å². The summed E-state index contributed by atoms with van der Waals surface area (Å²) < 4.78 is 11.9. The lowest BCUT2D eigenvalue weighted by Crippen LogP contribution is -3.06. The molecule has 1 atom stereocenters. The molecule has 39 heavy (non-hydrogen) atoms. The zero-order valence-corrected chi connectivity index (χ0v) is 23.2. The molecule has 1 fully saturated rings. The molecule has 204 valence electrons. The Hall–Kier alpha value is -4.10. The summed E-state index contributed by atoms with van der Waals surface area (Å²) in [6.07, 6.45) is 0. The van der Waals surface area contributed by atoms with E-state index in [1.165, 1.54) is 4.90 Å². The lowest BCUT2D eigenvalue weighted by Gasteiger charge is -2.28. The number of ether oxygens (including phenoxy) is 2. The van der Waals surface area contributed by atoms with Gasteiger partial charge in [-0.25, -0.2) is 0 Å². The van der Waals surface area contributed by atoms with Gasteiger partial charge in [-0.3, -0.25) is 9.59 Å². The highest BCUT2D eigenvalue weighted by atomic mass is 16.5. The molecule has 0 saturated carbocycles. The van der Waals surface area contributed by atoms with Crippen LogP contribution < -0.4 is 19.5 Å². The molecule has 0 aromatic heterocycles. The highest BCUT2D eigenvalue weighted by Gasteiger charge is 2.44. The average Bonchev–Trinajstić information content (AvgIpc) is 3.16. The first-order chi connectivity index (χ1) is 18.7. The van der Waals surface area contributed by atoms with E-state index in [-0.39, 0.29) is 5.57 Å². The fourth-order valence-electron chi connectivity index (χ4n) is 4.53. The van der Waals surface area contributed by atoms with E-state index in [0.29, 0.717) is 54.0 Å². The molecule has 3 aromatic rings. The number of nitrogens with one attached hydrogen (secondary N) is 1. The summed E-state index contributed by atoms with van der Waals surface area (Å²) in [5, 5.41) is 13.9. The number of hydrogen-bond acceptors (Lipinski definition) is 5. The smallest absolute Gasteiger partial charge is 0.295 e. The number of aryl methyl sites for hydroxylation is 1. The van der Waals surface area contributed by atoms with Gasteiger partial charge >= 0.3 is 0 Å². The molecule has 0 aliphatic carbocycles. The third kappa shape index (κ3) is 6.49. The van der Waals surface area contributed by atoms with Crippen LogP contribution in [-0.2, 0) is 9.59 Å². The van der Waals surface area contributed by atoms with Crippen molar-refractivity contribution in [2.24, 2.45) is 5.92 Å². The van der Waals surface area contributed by atoms with Crippen LogP contribution in [0.25, 0.3) is 5.76 Å². The second kappa shape index (κ2) is 12.2. The third-order valence-electron chi connectivity index (χ3n) is 6.54. The summed E-state index contributed by atoms with van der Waals surface area (Å²) >= 11 is 0. The number of ketones is 1.